The zero-order valence-corrected chi connectivity index (χ0v) is 18.7. The normalized spacial score (nSPS) is 32.8. The van der Waals surface area contributed by atoms with Crippen LogP contribution in [0, 0.1) is 22.7 Å². The lowest BCUT2D eigenvalue weighted by Crippen LogP contribution is -2.55. The van der Waals surface area contributed by atoms with E-state index in [1.54, 1.807) is 6.92 Å². The van der Waals surface area contributed by atoms with E-state index in [-0.39, 0.29) is 36.5 Å². The highest BCUT2D eigenvalue weighted by molar-refractivity contribution is 5.83. The quantitative estimate of drug-likeness (QED) is 0.300. The summed E-state index contributed by atoms with van der Waals surface area (Å²) >= 11 is 0. The van der Waals surface area contributed by atoms with Gasteiger partial charge >= 0.3 is 12.4 Å². The lowest BCUT2D eigenvalue weighted by Gasteiger charge is -2.48. The van der Waals surface area contributed by atoms with Crippen LogP contribution in [0.2, 0.25) is 0 Å². The van der Waals surface area contributed by atoms with Gasteiger partial charge in [-0.05, 0) is 81.5 Å². The smallest absolute Gasteiger partial charge is 0.390 e. The Bertz CT molecular complexity index is 901. The lowest BCUT2D eigenvalue weighted by atomic mass is 9.56. The van der Waals surface area contributed by atoms with Crippen molar-refractivity contribution in [1.82, 2.24) is 0 Å². The van der Waals surface area contributed by atoms with Crippen molar-refractivity contribution in [3.8, 4) is 0 Å². The summed E-state index contributed by atoms with van der Waals surface area (Å²) in [5.74, 6) is -0.697. The zero-order chi connectivity index (χ0) is 30.5. The Kier molecular flexibility index (Phi) is 5.60. The van der Waals surface area contributed by atoms with Crippen LogP contribution in [0.5, 0.6) is 0 Å². The first-order chi connectivity index (χ1) is 17.3. The molecule has 0 aromatic heterocycles. The van der Waals surface area contributed by atoms with Crippen LogP contribution in [0.15, 0.2) is 12.2 Å². The Hall–Kier alpha value is -1.09. The van der Waals surface area contributed by atoms with Crippen molar-refractivity contribution in [2.75, 3.05) is 0 Å². The first kappa shape index (κ1) is 20.1. The molecule has 0 aromatic rings. The number of Topliss-reactive ketones (excluding diaryl/α,β-unsaturated/α-hetero) is 1. The van der Waals surface area contributed by atoms with Gasteiger partial charge in [0.05, 0.1) is 5.60 Å². The largest absolute Gasteiger partial charge is 0.429 e. The average Bonchev–Trinajstić information content (AvgIpc) is 3.09. The Morgan fingerprint density at radius 2 is 1.70 bits per heavy atom. The summed E-state index contributed by atoms with van der Waals surface area (Å²) in [5.41, 5.74) is -9.90. The molecule has 0 spiro atoms. The van der Waals surface area contributed by atoms with Gasteiger partial charge in [0.1, 0.15) is 5.78 Å². The van der Waals surface area contributed by atoms with Crippen LogP contribution in [0.1, 0.15) is 93.6 Å². The highest BCUT2D eigenvalue weighted by atomic mass is 19.4. The van der Waals surface area contributed by atoms with Gasteiger partial charge in [-0.2, -0.15) is 26.3 Å². The van der Waals surface area contributed by atoms with Crippen molar-refractivity contribution in [2.24, 2.45) is 22.7 Å². The monoisotopic (exact) mass is 492 g/mol. The molecule has 2 fully saturated rings. The molecule has 192 valence electrons. The SMILES string of the molecule is [2H]C([2H])([2H])C(O)(CCCC(C)(C/C=C/C(O)(C(F)(F)F)C(F)(F)F)[C@H]1CCC2C(=O)CCC[C@@]21C)C([2H])([2H])[2H]. The molecule has 0 aliphatic heterocycles. The third-order valence-corrected chi connectivity index (χ3v) is 7.80. The van der Waals surface area contributed by atoms with Gasteiger partial charge in [0.2, 0.25) is 0 Å². The number of fused-ring (bicyclic) bond motifs is 1. The zero-order valence-electron chi connectivity index (χ0n) is 24.7. The van der Waals surface area contributed by atoms with Gasteiger partial charge in [-0.25, -0.2) is 0 Å². The summed E-state index contributed by atoms with van der Waals surface area (Å²) in [4.78, 5) is 12.6. The van der Waals surface area contributed by atoms with Crippen LogP contribution in [-0.4, -0.2) is 39.6 Å². The molecule has 33 heavy (non-hydrogen) atoms. The van der Waals surface area contributed by atoms with Gasteiger partial charge in [0.25, 0.3) is 5.60 Å². The van der Waals surface area contributed by atoms with Crippen LogP contribution in [0.3, 0.4) is 0 Å². The molecule has 0 saturated heterocycles. The van der Waals surface area contributed by atoms with Gasteiger partial charge in [-0.1, -0.05) is 26.3 Å². The molecular weight excluding hydrogens is 450 g/mol. The van der Waals surface area contributed by atoms with Crippen molar-refractivity contribution in [1.29, 1.82) is 0 Å². The highest BCUT2D eigenvalue weighted by Gasteiger charge is 2.69. The average molecular weight is 493 g/mol. The lowest BCUT2D eigenvalue weighted by molar-refractivity contribution is -0.347. The van der Waals surface area contributed by atoms with E-state index in [2.05, 4.69) is 0 Å². The Balaban J connectivity index is 2.45. The molecule has 2 saturated carbocycles. The number of hydrogen-bond donors (Lipinski definition) is 2. The van der Waals surface area contributed by atoms with Crippen molar-refractivity contribution in [2.45, 2.75) is 109 Å². The number of aliphatic hydroxyl groups is 2. The van der Waals surface area contributed by atoms with Gasteiger partial charge in [-0.15, -0.1) is 0 Å². The number of rotatable bonds is 8. The molecule has 0 aromatic carbocycles. The van der Waals surface area contributed by atoms with Crippen LogP contribution < -0.4 is 0 Å². The van der Waals surface area contributed by atoms with E-state index in [9.17, 15) is 41.4 Å². The maximum atomic E-state index is 13.2. The third-order valence-electron chi connectivity index (χ3n) is 7.80. The van der Waals surface area contributed by atoms with Crippen LogP contribution in [0.4, 0.5) is 26.3 Å². The maximum Gasteiger partial charge on any atom is 0.429 e. The number of halogens is 6. The molecule has 0 heterocycles. The van der Waals surface area contributed by atoms with Gasteiger partial charge < -0.3 is 10.2 Å². The van der Waals surface area contributed by atoms with E-state index in [0.29, 0.717) is 38.2 Å². The molecule has 2 unspecified atom stereocenters. The fraction of sp³-hybridized carbons (Fsp3) is 0.875. The molecule has 2 aliphatic rings. The summed E-state index contributed by atoms with van der Waals surface area (Å²) < 4.78 is 125. The highest BCUT2D eigenvalue weighted by Crippen LogP contribution is 2.61. The number of hydrogen-bond acceptors (Lipinski definition) is 3. The number of alkyl halides is 6. The van der Waals surface area contributed by atoms with Gasteiger partial charge in [0, 0.05) is 20.6 Å². The first-order valence-electron chi connectivity index (χ1n) is 14.1. The summed E-state index contributed by atoms with van der Waals surface area (Å²) in [7, 11) is 0. The Morgan fingerprint density at radius 3 is 2.24 bits per heavy atom. The molecule has 0 bridgehead atoms. The molecular formula is C24H36F6O3. The number of carbonyl (C=O) groups is 1. The van der Waals surface area contributed by atoms with E-state index in [0.717, 1.165) is 0 Å². The number of allylic oxidation sites excluding steroid dienone is 1. The van der Waals surface area contributed by atoms with Gasteiger partial charge in [-0.3, -0.25) is 4.79 Å². The summed E-state index contributed by atoms with van der Waals surface area (Å²) in [6.45, 7) is -3.12. The molecule has 0 amide bonds. The van der Waals surface area contributed by atoms with Crippen molar-refractivity contribution < 1.29 is 49.6 Å². The Labute approximate surface area is 200 Å². The fourth-order valence-electron chi connectivity index (χ4n) is 6.09. The summed E-state index contributed by atoms with van der Waals surface area (Å²) in [5, 5.41) is 20.2. The summed E-state index contributed by atoms with van der Waals surface area (Å²) in [6.07, 6.45) is -10.8. The van der Waals surface area contributed by atoms with E-state index in [1.807, 2.05) is 6.92 Å². The minimum atomic E-state index is -6.05. The second kappa shape index (κ2) is 9.17. The minimum Gasteiger partial charge on any atom is -0.390 e. The molecule has 0 radical (unpaired) electrons. The predicted octanol–water partition coefficient (Wildman–Crippen LogP) is 6.52. The molecule has 2 N–H and O–H groups in total. The molecule has 4 atom stereocenters. The maximum absolute atomic E-state index is 13.2. The molecule has 3 nitrogen and oxygen atoms in total. The fourth-order valence-corrected chi connectivity index (χ4v) is 6.09. The van der Waals surface area contributed by atoms with Crippen LogP contribution in [-0.2, 0) is 4.79 Å². The second-order valence-electron chi connectivity index (χ2n) is 10.2. The van der Waals surface area contributed by atoms with Crippen molar-refractivity contribution >= 4 is 5.78 Å². The third kappa shape index (κ3) is 5.77. The van der Waals surface area contributed by atoms with Crippen LogP contribution >= 0.6 is 0 Å². The topological polar surface area (TPSA) is 57.5 Å². The second-order valence-corrected chi connectivity index (χ2v) is 10.2. The van der Waals surface area contributed by atoms with E-state index in [1.165, 1.54) is 0 Å². The first-order valence-corrected chi connectivity index (χ1v) is 11.1. The number of carbonyl (C=O) groups excluding carboxylic acids is 1. The molecule has 2 aliphatic carbocycles. The predicted molar refractivity (Wildman–Crippen MR) is 112 cm³/mol. The summed E-state index contributed by atoms with van der Waals surface area (Å²) in [6, 6.07) is 0. The molecule has 9 heteroatoms. The molecule has 2 rings (SSSR count). The van der Waals surface area contributed by atoms with E-state index < -0.39 is 60.9 Å². The number of ketones is 1. The van der Waals surface area contributed by atoms with E-state index >= 15 is 0 Å². The van der Waals surface area contributed by atoms with Crippen LogP contribution in [0.25, 0.3) is 0 Å². The Morgan fingerprint density at radius 1 is 1.09 bits per heavy atom. The van der Waals surface area contributed by atoms with Gasteiger partial charge in [0.15, 0.2) is 0 Å². The van der Waals surface area contributed by atoms with Crippen molar-refractivity contribution in [3.63, 3.8) is 0 Å². The van der Waals surface area contributed by atoms with Crippen molar-refractivity contribution in [3.05, 3.63) is 12.2 Å². The van der Waals surface area contributed by atoms with E-state index in [4.69, 9.17) is 8.22 Å². The minimum absolute atomic E-state index is 0.0341. The standard InChI is InChI=1S/C24H36F6O3/c1-19(2,32)11-6-12-20(3,13-7-15-22(33,23(25,26)27)24(28,29)30)18-10-9-16-17(31)8-5-14-21(16,18)4/h7,15-16,18,32-33H,5-6,8-14H2,1-4H3/b15-7+/t16?,18-,20?,21+/m1/s1/i1D3,2D3.